The van der Waals surface area contributed by atoms with Crippen molar-refractivity contribution in [3.63, 3.8) is 0 Å². The first kappa shape index (κ1) is 12.2. The molecule has 0 atom stereocenters. The van der Waals surface area contributed by atoms with Crippen LogP contribution in [0.1, 0.15) is 13.3 Å². The largest absolute Gasteiger partial charge is 0.345 e. The molecule has 0 bridgehead atoms. The number of nitrogens with zero attached hydrogens (tertiary/aromatic N) is 1. The second-order valence-electron chi connectivity index (χ2n) is 3.93. The summed E-state index contributed by atoms with van der Waals surface area (Å²) in [6.45, 7) is 2.69. The third kappa shape index (κ3) is 3.10. The molecular formula is C13H16N4O. The van der Waals surface area contributed by atoms with Crippen molar-refractivity contribution in [3.05, 3.63) is 36.8 Å². The van der Waals surface area contributed by atoms with Gasteiger partial charge in [0.05, 0.1) is 18.2 Å². The molecule has 0 saturated heterocycles. The molecule has 3 N–H and O–H groups in total. The maximum atomic E-state index is 11.5. The second-order valence-corrected chi connectivity index (χ2v) is 3.93. The molecule has 0 unspecified atom stereocenters. The van der Waals surface area contributed by atoms with Crippen molar-refractivity contribution >= 4 is 11.7 Å². The van der Waals surface area contributed by atoms with E-state index >= 15 is 0 Å². The number of anilines is 1. The van der Waals surface area contributed by atoms with Crippen molar-refractivity contribution in [2.24, 2.45) is 0 Å². The lowest BCUT2D eigenvalue weighted by Gasteiger charge is -2.07. The molecule has 1 heterocycles. The molecule has 0 radical (unpaired) electrons. The van der Waals surface area contributed by atoms with Crippen LogP contribution >= 0.6 is 0 Å². The normalized spacial score (nSPS) is 10.1. The van der Waals surface area contributed by atoms with E-state index in [0.717, 1.165) is 23.4 Å². The third-order valence-corrected chi connectivity index (χ3v) is 2.47. The maximum absolute atomic E-state index is 11.5. The van der Waals surface area contributed by atoms with Crippen LogP contribution in [0.5, 0.6) is 0 Å². The molecule has 0 aliphatic carbocycles. The molecule has 0 aliphatic heterocycles. The quantitative estimate of drug-likeness (QED) is 0.773. The highest BCUT2D eigenvalue weighted by Gasteiger charge is 2.03. The predicted octanol–water partition coefficient (Wildman–Crippen LogP) is 2.61. The van der Waals surface area contributed by atoms with E-state index in [1.54, 1.807) is 12.5 Å². The van der Waals surface area contributed by atoms with Gasteiger partial charge in [-0.1, -0.05) is 19.1 Å². The lowest BCUT2D eigenvalue weighted by atomic mass is 10.1. The first-order chi connectivity index (χ1) is 8.79. The summed E-state index contributed by atoms with van der Waals surface area (Å²) in [7, 11) is 0. The van der Waals surface area contributed by atoms with Crippen LogP contribution in [0.15, 0.2) is 36.8 Å². The summed E-state index contributed by atoms with van der Waals surface area (Å²) in [4.78, 5) is 18.5. The van der Waals surface area contributed by atoms with Gasteiger partial charge in [-0.15, -0.1) is 0 Å². The Morgan fingerprint density at radius 1 is 1.44 bits per heavy atom. The number of imidazole rings is 1. The minimum absolute atomic E-state index is 0.182. The molecule has 5 heteroatoms. The van der Waals surface area contributed by atoms with Crippen molar-refractivity contribution in [2.75, 3.05) is 11.9 Å². The molecular weight excluding hydrogens is 228 g/mol. The van der Waals surface area contributed by atoms with Crippen LogP contribution in [0.3, 0.4) is 0 Å². The van der Waals surface area contributed by atoms with Gasteiger partial charge in [0.2, 0.25) is 0 Å². The van der Waals surface area contributed by atoms with E-state index in [2.05, 4.69) is 20.6 Å². The molecule has 0 saturated carbocycles. The van der Waals surface area contributed by atoms with Gasteiger partial charge in [0, 0.05) is 17.8 Å². The molecule has 0 aliphatic rings. The highest BCUT2D eigenvalue weighted by molar-refractivity contribution is 5.89. The zero-order valence-electron chi connectivity index (χ0n) is 10.2. The number of amides is 2. The Morgan fingerprint density at radius 2 is 2.33 bits per heavy atom. The Balaban J connectivity index is 2.06. The monoisotopic (exact) mass is 244 g/mol. The van der Waals surface area contributed by atoms with Gasteiger partial charge in [0.25, 0.3) is 0 Å². The molecule has 2 amide bonds. The minimum atomic E-state index is -0.182. The van der Waals surface area contributed by atoms with Gasteiger partial charge >= 0.3 is 6.03 Å². The van der Waals surface area contributed by atoms with Crippen LogP contribution in [-0.4, -0.2) is 22.5 Å². The second kappa shape index (κ2) is 5.86. The van der Waals surface area contributed by atoms with E-state index in [4.69, 9.17) is 0 Å². The number of aromatic nitrogens is 2. The number of aromatic amines is 1. The van der Waals surface area contributed by atoms with E-state index in [9.17, 15) is 4.79 Å². The van der Waals surface area contributed by atoms with E-state index in [-0.39, 0.29) is 6.03 Å². The zero-order valence-corrected chi connectivity index (χ0v) is 10.2. The number of nitrogens with one attached hydrogen (secondary N) is 3. The smallest absolute Gasteiger partial charge is 0.319 e. The fraction of sp³-hybridized carbons (Fsp3) is 0.231. The standard InChI is InChI=1S/C13H16N4O/c1-2-6-15-13(18)17-11-5-3-4-10(7-11)12-8-14-9-16-12/h3-5,7-9H,2,6H2,1H3,(H,14,16)(H2,15,17,18). The molecule has 18 heavy (non-hydrogen) atoms. The fourth-order valence-electron chi connectivity index (χ4n) is 1.59. The molecule has 2 aromatic rings. The summed E-state index contributed by atoms with van der Waals surface area (Å²) in [5, 5.41) is 5.56. The lowest BCUT2D eigenvalue weighted by Crippen LogP contribution is -2.29. The third-order valence-electron chi connectivity index (χ3n) is 2.47. The van der Waals surface area contributed by atoms with E-state index in [0.29, 0.717) is 6.54 Å². The first-order valence-electron chi connectivity index (χ1n) is 5.93. The minimum Gasteiger partial charge on any atom is -0.345 e. The topological polar surface area (TPSA) is 69.8 Å². The number of rotatable bonds is 4. The Hall–Kier alpha value is -2.30. The SMILES string of the molecule is CCCNC(=O)Nc1cccc(-c2cnc[nH]2)c1. The Kier molecular flexibility index (Phi) is 3.96. The number of carbonyl (C=O) groups is 1. The number of H-pyrrole nitrogens is 1. The average molecular weight is 244 g/mol. The molecule has 0 fully saturated rings. The van der Waals surface area contributed by atoms with Crippen LogP contribution < -0.4 is 10.6 Å². The van der Waals surface area contributed by atoms with Crippen LogP contribution in [0.25, 0.3) is 11.3 Å². The highest BCUT2D eigenvalue weighted by Crippen LogP contribution is 2.19. The Labute approximate surface area is 106 Å². The molecule has 5 nitrogen and oxygen atoms in total. The van der Waals surface area contributed by atoms with Crippen molar-refractivity contribution in [1.82, 2.24) is 15.3 Å². The van der Waals surface area contributed by atoms with Crippen molar-refractivity contribution in [1.29, 1.82) is 0 Å². The average Bonchev–Trinajstić information content (AvgIpc) is 2.90. The number of hydrogen-bond acceptors (Lipinski definition) is 2. The van der Waals surface area contributed by atoms with Crippen molar-refractivity contribution in [3.8, 4) is 11.3 Å². The van der Waals surface area contributed by atoms with Gasteiger partial charge < -0.3 is 15.6 Å². The summed E-state index contributed by atoms with van der Waals surface area (Å²) >= 11 is 0. The van der Waals surface area contributed by atoms with Crippen LogP contribution in [0, 0.1) is 0 Å². The van der Waals surface area contributed by atoms with Gasteiger partial charge in [-0.2, -0.15) is 0 Å². The summed E-state index contributed by atoms with van der Waals surface area (Å²) in [6, 6.07) is 7.43. The van der Waals surface area contributed by atoms with Gasteiger partial charge in [-0.3, -0.25) is 0 Å². The highest BCUT2D eigenvalue weighted by atomic mass is 16.2. The van der Waals surface area contributed by atoms with E-state index < -0.39 is 0 Å². The molecule has 0 spiro atoms. The molecule has 2 rings (SSSR count). The number of benzene rings is 1. The zero-order chi connectivity index (χ0) is 12.8. The summed E-state index contributed by atoms with van der Waals surface area (Å²) < 4.78 is 0. The van der Waals surface area contributed by atoms with Gasteiger partial charge in [0.15, 0.2) is 0 Å². The first-order valence-corrected chi connectivity index (χ1v) is 5.93. The van der Waals surface area contributed by atoms with Gasteiger partial charge in [0.1, 0.15) is 0 Å². The Bertz CT molecular complexity index is 507. The molecule has 1 aromatic heterocycles. The predicted molar refractivity (Wildman–Crippen MR) is 71.3 cm³/mol. The van der Waals surface area contributed by atoms with Crippen LogP contribution in [0.2, 0.25) is 0 Å². The Morgan fingerprint density at radius 3 is 3.06 bits per heavy atom. The van der Waals surface area contributed by atoms with Crippen LogP contribution in [-0.2, 0) is 0 Å². The number of urea groups is 1. The molecule has 94 valence electrons. The van der Waals surface area contributed by atoms with Crippen molar-refractivity contribution < 1.29 is 4.79 Å². The van der Waals surface area contributed by atoms with Gasteiger partial charge in [-0.05, 0) is 18.6 Å². The fourth-order valence-corrected chi connectivity index (χ4v) is 1.59. The summed E-state index contributed by atoms with van der Waals surface area (Å²) in [5.41, 5.74) is 2.67. The van der Waals surface area contributed by atoms with E-state index in [1.165, 1.54) is 0 Å². The molecule has 1 aromatic carbocycles. The van der Waals surface area contributed by atoms with Crippen LogP contribution in [0.4, 0.5) is 10.5 Å². The van der Waals surface area contributed by atoms with Gasteiger partial charge in [-0.25, -0.2) is 9.78 Å². The number of carbonyl (C=O) groups excluding carboxylic acids is 1. The summed E-state index contributed by atoms with van der Waals surface area (Å²) in [6.07, 6.45) is 4.29. The summed E-state index contributed by atoms with van der Waals surface area (Å²) in [5.74, 6) is 0. The van der Waals surface area contributed by atoms with E-state index in [1.807, 2.05) is 31.2 Å². The van der Waals surface area contributed by atoms with Crippen molar-refractivity contribution in [2.45, 2.75) is 13.3 Å². The lowest BCUT2D eigenvalue weighted by molar-refractivity contribution is 0.252. The maximum Gasteiger partial charge on any atom is 0.319 e. The number of hydrogen-bond donors (Lipinski definition) is 3.